The van der Waals surface area contributed by atoms with Crippen molar-refractivity contribution >= 4 is 29.1 Å². The second-order valence-corrected chi connectivity index (χ2v) is 8.03. The third kappa shape index (κ3) is 4.70. The molecular formula is C24H27N3O3. The molecule has 30 heavy (non-hydrogen) atoms. The van der Waals surface area contributed by atoms with Crippen molar-refractivity contribution in [2.75, 3.05) is 29.9 Å². The molecule has 1 unspecified atom stereocenters. The number of hydrogen-bond acceptors (Lipinski definition) is 3. The van der Waals surface area contributed by atoms with E-state index in [-0.39, 0.29) is 23.6 Å². The summed E-state index contributed by atoms with van der Waals surface area (Å²) in [4.78, 5) is 40.9. The SMILES string of the molecule is O=C(Nc1ccc(N2CCCC2=O)cc1)C1CCCN(C(=O)Cc2ccccc2)C1. The Morgan fingerprint density at radius 2 is 1.73 bits per heavy atom. The number of piperidine rings is 1. The van der Waals surface area contributed by atoms with Gasteiger partial charge in [0.1, 0.15) is 0 Å². The molecule has 0 aliphatic carbocycles. The van der Waals surface area contributed by atoms with Gasteiger partial charge in [-0.3, -0.25) is 14.4 Å². The summed E-state index contributed by atoms with van der Waals surface area (Å²) in [6.45, 7) is 1.91. The minimum absolute atomic E-state index is 0.0581. The Kier molecular flexibility index (Phi) is 6.12. The van der Waals surface area contributed by atoms with Gasteiger partial charge < -0.3 is 15.1 Å². The van der Waals surface area contributed by atoms with Gasteiger partial charge in [-0.2, -0.15) is 0 Å². The van der Waals surface area contributed by atoms with Crippen molar-refractivity contribution in [1.82, 2.24) is 4.90 Å². The van der Waals surface area contributed by atoms with E-state index in [1.807, 2.05) is 59.5 Å². The largest absolute Gasteiger partial charge is 0.342 e. The van der Waals surface area contributed by atoms with Crippen LogP contribution in [0.25, 0.3) is 0 Å². The van der Waals surface area contributed by atoms with Crippen molar-refractivity contribution < 1.29 is 14.4 Å². The van der Waals surface area contributed by atoms with Crippen LogP contribution in [0.1, 0.15) is 31.2 Å². The minimum atomic E-state index is -0.210. The third-order valence-electron chi connectivity index (χ3n) is 5.86. The number of carbonyl (C=O) groups is 3. The van der Waals surface area contributed by atoms with E-state index >= 15 is 0 Å². The molecular weight excluding hydrogens is 378 g/mol. The fourth-order valence-electron chi connectivity index (χ4n) is 4.19. The van der Waals surface area contributed by atoms with E-state index in [1.165, 1.54) is 0 Å². The number of benzene rings is 2. The minimum Gasteiger partial charge on any atom is -0.342 e. The highest BCUT2D eigenvalue weighted by Gasteiger charge is 2.28. The third-order valence-corrected chi connectivity index (χ3v) is 5.86. The number of carbonyl (C=O) groups excluding carboxylic acids is 3. The fraction of sp³-hybridized carbons (Fsp3) is 0.375. The summed E-state index contributed by atoms with van der Waals surface area (Å²) in [5.74, 6) is -0.0527. The summed E-state index contributed by atoms with van der Waals surface area (Å²) < 4.78 is 0. The highest BCUT2D eigenvalue weighted by Crippen LogP contribution is 2.24. The Hall–Kier alpha value is -3.15. The first kappa shape index (κ1) is 20.1. The molecule has 1 atom stereocenters. The number of anilines is 2. The number of nitrogens with zero attached hydrogens (tertiary/aromatic N) is 2. The number of rotatable bonds is 5. The number of hydrogen-bond donors (Lipinski definition) is 1. The molecule has 2 heterocycles. The Morgan fingerprint density at radius 3 is 2.43 bits per heavy atom. The summed E-state index contributed by atoms with van der Waals surface area (Å²) in [7, 11) is 0. The molecule has 4 rings (SSSR count). The predicted molar refractivity (Wildman–Crippen MR) is 116 cm³/mol. The van der Waals surface area contributed by atoms with Gasteiger partial charge in [0, 0.05) is 37.4 Å². The Morgan fingerprint density at radius 1 is 0.967 bits per heavy atom. The summed E-state index contributed by atoms with van der Waals surface area (Å²) in [6, 6.07) is 17.1. The topological polar surface area (TPSA) is 69.7 Å². The zero-order valence-electron chi connectivity index (χ0n) is 17.0. The van der Waals surface area contributed by atoms with Gasteiger partial charge >= 0.3 is 0 Å². The summed E-state index contributed by atoms with van der Waals surface area (Å²) in [6.07, 6.45) is 3.46. The molecule has 0 spiro atoms. The number of nitrogens with one attached hydrogen (secondary N) is 1. The normalized spacial score (nSPS) is 19.1. The molecule has 2 aliphatic rings. The second-order valence-electron chi connectivity index (χ2n) is 8.03. The van der Waals surface area contributed by atoms with E-state index in [0.29, 0.717) is 31.6 Å². The van der Waals surface area contributed by atoms with Gasteiger partial charge in [-0.15, -0.1) is 0 Å². The van der Waals surface area contributed by atoms with E-state index in [0.717, 1.165) is 37.1 Å². The lowest BCUT2D eigenvalue weighted by Crippen LogP contribution is -2.44. The van der Waals surface area contributed by atoms with Gasteiger partial charge in [-0.05, 0) is 49.1 Å². The molecule has 0 radical (unpaired) electrons. The molecule has 3 amide bonds. The van der Waals surface area contributed by atoms with Crippen molar-refractivity contribution in [3.63, 3.8) is 0 Å². The molecule has 0 bridgehead atoms. The van der Waals surface area contributed by atoms with Crippen LogP contribution in [0.3, 0.4) is 0 Å². The molecule has 2 aliphatic heterocycles. The van der Waals surface area contributed by atoms with Crippen LogP contribution >= 0.6 is 0 Å². The molecule has 0 saturated carbocycles. The molecule has 156 valence electrons. The lowest BCUT2D eigenvalue weighted by molar-refractivity contribution is -0.134. The lowest BCUT2D eigenvalue weighted by Gasteiger charge is -2.32. The monoisotopic (exact) mass is 405 g/mol. The maximum absolute atomic E-state index is 12.8. The van der Waals surface area contributed by atoms with Gasteiger partial charge in [0.05, 0.1) is 12.3 Å². The molecule has 6 nitrogen and oxygen atoms in total. The van der Waals surface area contributed by atoms with E-state index in [2.05, 4.69) is 5.32 Å². The zero-order valence-corrected chi connectivity index (χ0v) is 17.0. The lowest BCUT2D eigenvalue weighted by atomic mass is 9.96. The number of amides is 3. The van der Waals surface area contributed by atoms with Gasteiger partial charge in [-0.25, -0.2) is 0 Å². The van der Waals surface area contributed by atoms with Crippen LogP contribution in [0, 0.1) is 5.92 Å². The Labute approximate surface area is 176 Å². The highest BCUT2D eigenvalue weighted by atomic mass is 16.2. The average Bonchev–Trinajstić information content (AvgIpc) is 3.21. The van der Waals surface area contributed by atoms with Crippen LogP contribution in [0.15, 0.2) is 54.6 Å². The number of likely N-dealkylation sites (tertiary alicyclic amines) is 1. The molecule has 6 heteroatoms. The van der Waals surface area contributed by atoms with E-state index < -0.39 is 0 Å². The maximum atomic E-state index is 12.8. The fourth-order valence-corrected chi connectivity index (χ4v) is 4.19. The van der Waals surface area contributed by atoms with Crippen LogP contribution in [0.5, 0.6) is 0 Å². The quantitative estimate of drug-likeness (QED) is 0.830. The van der Waals surface area contributed by atoms with Crippen molar-refractivity contribution in [1.29, 1.82) is 0 Å². The smallest absolute Gasteiger partial charge is 0.229 e. The first-order valence-electron chi connectivity index (χ1n) is 10.6. The van der Waals surface area contributed by atoms with E-state index in [9.17, 15) is 14.4 Å². The van der Waals surface area contributed by atoms with Crippen LogP contribution < -0.4 is 10.2 Å². The van der Waals surface area contributed by atoms with Crippen molar-refractivity contribution in [3.8, 4) is 0 Å². The Balaban J connectivity index is 1.33. The molecule has 2 saturated heterocycles. The standard InChI is InChI=1S/C24H27N3O3/c28-22-9-5-15-27(22)21-12-10-20(11-13-21)25-24(30)19-8-4-14-26(17-19)23(29)16-18-6-2-1-3-7-18/h1-3,6-7,10-13,19H,4-5,8-9,14-17H2,(H,25,30). The first-order chi connectivity index (χ1) is 14.6. The first-order valence-corrected chi connectivity index (χ1v) is 10.6. The highest BCUT2D eigenvalue weighted by molar-refractivity contribution is 5.96. The van der Waals surface area contributed by atoms with Crippen molar-refractivity contribution in [2.24, 2.45) is 5.92 Å². The molecule has 0 aromatic heterocycles. The summed E-state index contributed by atoms with van der Waals surface area (Å²) in [5.41, 5.74) is 2.57. The van der Waals surface area contributed by atoms with Crippen molar-refractivity contribution in [3.05, 3.63) is 60.2 Å². The van der Waals surface area contributed by atoms with Crippen LogP contribution in [0.2, 0.25) is 0 Å². The average molecular weight is 405 g/mol. The van der Waals surface area contributed by atoms with E-state index in [4.69, 9.17) is 0 Å². The van der Waals surface area contributed by atoms with Crippen LogP contribution in [-0.4, -0.2) is 42.3 Å². The van der Waals surface area contributed by atoms with Gasteiger partial charge in [0.15, 0.2) is 0 Å². The summed E-state index contributed by atoms with van der Waals surface area (Å²) in [5, 5.41) is 2.97. The molecule has 2 fully saturated rings. The van der Waals surface area contributed by atoms with Gasteiger partial charge in [0.25, 0.3) is 0 Å². The van der Waals surface area contributed by atoms with Crippen LogP contribution in [0.4, 0.5) is 11.4 Å². The second kappa shape index (κ2) is 9.11. The molecule has 2 aromatic rings. The predicted octanol–water partition coefficient (Wildman–Crippen LogP) is 3.23. The molecule has 1 N–H and O–H groups in total. The van der Waals surface area contributed by atoms with Crippen LogP contribution in [-0.2, 0) is 20.8 Å². The summed E-state index contributed by atoms with van der Waals surface area (Å²) >= 11 is 0. The van der Waals surface area contributed by atoms with Gasteiger partial charge in [0.2, 0.25) is 17.7 Å². The molecule has 2 aromatic carbocycles. The zero-order chi connectivity index (χ0) is 20.9. The van der Waals surface area contributed by atoms with Crippen molar-refractivity contribution in [2.45, 2.75) is 32.1 Å². The van der Waals surface area contributed by atoms with Gasteiger partial charge in [-0.1, -0.05) is 30.3 Å². The van der Waals surface area contributed by atoms with E-state index in [1.54, 1.807) is 4.90 Å². The maximum Gasteiger partial charge on any atom is 0.229 e. The Bertz CT molecular complexity index is 911.